The number of aliphatic imine (C=N–C) groups is 1. The summed E-state index contributed by atoms with van der Waals surface area (Å²) < 4.78 is 0.728. The number of carbonyl (C=O) groups excluding carboxylic acids is 2. The molecule has 0 saturated carbocycles. The van der Waals surface area contributed by atoms with Crippen LogP contribution in [0.25, 0.3) is 0 Å². The molecular weight excluding hydrogens is 320 g/mol. The van der Waals surface area contributed by atoms with E-state index in [4.69, 9.17) is 11.6 Å². The lowest BCUT2D eigenvalue weighted by Gasteiger charge is -2.09. The first-order valence-electron chi connectivity index (χ1n) is 5.14. The van der Waals surface area contributed by atoms with Crippen LogP contribution in [0.4, 0.5) is 5.69 Å². The number of hydrogen-bond acceptors (Lipinski definition) is 3. The highest BCUT2D eigenvalue weighted by atomic mass is 79.9. The van der Waals surface area contributed by atoms with Gasteiger partial charge in [-0.2, -0.15) is 0 Å². The molecule has 0 fully saturated rings. The molecular formula is C12H12BrClN2O2. The van der Waals surface area contributed by atoms with Gasteiger partial charge in [-0.1, -0.05) is 11.6 Å². The van der Waals surface area contributed by atoms with Gasteiger partial charge in [0.25, 0.3) is 0 Å². The van der Waals surface area contributed by atoms with Crippen LogP contribution in [0.5, 0.6) is 0 Å². The summed E-state index contributed by atoms with van der Waals surface area (Å²) in [6, 6.07) is 3.53. The van der Waals surface area contributed by atoms with Crippen LogP contribution in [0.3, 0.4) is 0 Å². The smallest absolute Gasteiger partial charge is 0.215 e. The first-order chi connectivity index (χ1) is 8.43. The van der Waals surface area contributed by atoms with Gasteiger partial charge in [-0.3, -0.25) is 14.5 Å². The molecule has 18 heavy (non-hydrogen) atoms. The molecule has 1 amide bonds. The molecule has 0 radical (unpaired) electrons. The maximum absolute atomic E-state index is 10.9. The third kappa shape index (κ3) is 4.23. The summed E-state index contributed by atoms with van der Waals surface area (Å²) in [4.78, 5) is 27.0. The number of benzene rings is 1. The van der Waals surface area contributed by atoms with Gasteiger partial charge in [-0.15, -0.1) is 0 Å². The van der Waals surface area contributed by atoms with E-state index in [0.29, 0.717) is 17.1 Å². The van der Waals surface area contributed by atoms with Crippen molar-refractivity contribution in [1.82, 2.24) is 4.90 Å². The molecule has 96 valence electrons. The molecule has 1 aromatic rings. The van der Waals surface area contributed by atoms with Crippen LogP contribution in [-0.2, 0) is 9.59 Å². The lowest BCUT2D eigenvalue weighted by Crippen LogP contribution is -2.25. The molecule has 0 spiro atoms. The first kappa shape index (κ1) is 14.9. The number of nitrogens with zero attached hydrogens (tertiary/aromatic N) is 2. The summed E-state index contributed by atoms with van der Waals surface area (Å²) >= 11 is 9.24. The van der Waals surface area contributed by atoms with E-state index in [2.05, 4.69) is 20.9 Å². The fourth-order valence-corrected chi connectivity index (χ4v) is 1.82. The lowest BCUT2D eigenvalue weighted by molar-refractivity contribution is -0.122. The highest BCUT2D eigenvalue weighted by molar-refractivity contribution is 9.10. The quantitative estimate of drug-likeness (QED) is 0.473. The highest BCUT2D eigenvalue weighted by Crippen LogP contribution is 2.30. The van der Waals surface area contributed by atoms with Gasteiger partial charge >= 0.3 is 0 Å². The Morgan fingerprint density at radius 3 is 2.78 bits per heavy atom. The predicted molar refractivity (Wildman–Crippen MR) is 75.5 cm³/mol. The Morgan fingerprint density at radius 1 is 1.56 bits per heavy atom. The molecule has 0 N–H and O–H groups in total. The second kappa shape index (κ2) is 6.66. The minimum Gasteiger partial charge on any atom is -0.298 e. The molecule has 1 aromatic carbocycles. The summed E-state index contributed by atoms with van der Waals surface area (Å²) in [7, 11) is 0. The van der Waals surface area contributed by atoms with E-state index in [1.54, 1.807) is 12.1 Å². The number of aryl methyl sites for hydroxylation is 1. The Bertz CT molecular complexity index is 503. The number of halogens is 2. The first-order valence-corrected chi connectivity index (χ1v) is 6.31. The SMILES string of the molecule is CC(=O)CN(C=O)C=Nc1cc(Br)c(Cl)cc1C. The van der Waals surface area contributed by atoms with Crippen LogP contribution in [0, 0.1) is 6.92 Å². The number of hydrogen-bond donors (Lipinski definition) is 0. The van der Waals surface area contributed by atoms with E-state index in [9.17, 15) is 9.59 Å². The fraction of sp³-hybridized carbons (Fsp3) is 0.250. The van der Waals surface area contributed by atoms with Crippen molar-refractivity contribution in [1.29, 1.82) is 0 Å². The van der Waals surface area contributed by atoms with E-state index in [1.165, 1.54) is 18.2 Å². The predicted octanol–water partition coefficient (Wildman–Crippen LogP) is 3.12. The van der Waals surface area contributed by atoms with Gasteiger partial charge in [0, 0.05) is 4.47 Å². The molecule has 0 aromatic heterocycles. The van der Waals surface area contributed by atoms with E-state index < -0.39 is 0 Å². The third-order valence-electron chi connectivity index (χ3n) is 2.12. The molecule has 0 heterocycles. The standard InChI is InChI=1S/C12H12BrClN2O2/c1-8-3-11(14)10(13)4-12(8)15-6-16(7-17)5-9(2)18/h3-4,6-7H,5H2,1-2H3. The van der Waals surface area contributed by atoms with Crippen LogP contribution >= 0.6 is 27.5 Å². The summed E-state index contributed by atoms with van der Waals surface area (Å²) in [5.41, 5.74) is 1.56. The third-order valence-corrected chi connectivity index (χ3v) is 3.32. The summed E-state index contributed by atoms with van der Waals surface area (Å²) in [5.74, 6) is -0.109. The maximum atomic E-state index is 10.9. The van der Waals surface area contributed by atoms with Crippen molar-refractivity contribution in [3.8, 4) is 0 Å². The Labute approximate surface area is 119 Å². The molecule has 0 unspecified atom stereocenters. The van der Waals surface area contributed by atoms with Gasteiger partial charge in [0.05, 0.1) is 23.6 Å². The second-order valence-corrected chi connectivity index (χ2v) is 5.04. The van der Waals surface area contributed by atoms with Gasteiger partial charge in [-0.25, -0.2) is 4.99 Å². The van der Waals surface area contributed by atoms with Crippen molar-refractivity contribution in [2.75, 3.05) is 6.54 Å². The monoisotopic (exact) mass is 330 g/mol. The zero-order valence-electron chi connectivity index (χ0n) is 9.98. The van der Waals surface area contributed by atoms with Crippen molar-refractivity contribution in [3.63, 3.8) is 0 Å². The number of amides is 1. The van der Waals surface area contributed by atoms with Crippen LogP contribution in [0.2, 0.25) is 5.02 Å². The zero-order valence-corrected chi connectivity index (χ0v) is 12.3. The number of rotatable bonds is 5. The van der Waals surface area contributed by atoms with Crippen molar-refractivity contribution in [2.45, 2.75) is 13.8 Å². The minimum absolute atomic E-state index is 0.0147. The molecule has 0 atom stereocenters. The number of ketones is 1. The highest BCUT2D eigenvalue weighted by Gasteiger charge is 2.04. The van der Waals surface area contributed by atoms with Gasteiger partial charge in [0.15, 0.2) is 0 Å². The Hall–Kier alpha value is -1.20. The summed E-state index contributed by atoms with van der Waals surface area (Å²) in [6.45, 7) is 3.29. The van der Waals surface area contributed by atoms with Crippen LogP contribution in [0.1, 0.15) is 12.5 Å². The van der Waals surface area contributed by atoms with Crippen LogP contribution in [-0.4, -0.2) is 30.0 Å². The molecule has 0 aliphatic carbocycles. The van der Waals surface area contributed by atoms with Crippen LogP contribution < -0.4 is 0 Å². The van der Waals surface area contributed by atoms with E-state index in [1.807, 2.05) is 6.92 Å². The van der Waals surface area contributed by atoms with Crippen molar-refractivity contribution >= 4 is 51.8 Å². The van der Waals surface area contributed by atoms with Crippen molar-refractivity contribution in [3.05, 3.63) is 27.2 Å². The Balaban J connectivity index is 2.92. The van der Waals surface area contributed by atoms with Gasteiger partial charge < -0.3 is 0 Å². The zero-order chi connectivity index (χ0) is 13.7. The molecule has 6 heteroatoms. The normalized spacial score (nSPS) is 10.7. The largest absolute Gasteiger partial charge is 0.298 e. The molecule has 1 rings (SSSR count). The molecule has 0 aliphatic heterocycles. The summed E-state index contributed by atoms with van der Waals surface area (Å²) in [5, 5.41) is 0.599. The average Bonchev–Trinajstić information content (AvgIpc) is 2.29. The fourth-order valence-electron chi connectivity index (χ4n) is 1.27. The van der Waals surface area contributed by atoms with Gasteiger partial charge in [-0.05, 0) is 47.5 Å². The minimum atomic E-state index is -0.109. The average molecular weight is 332 g/mol. The van der Waals surface area contributed by atoms with E-state index in [0.717, 1.165) is 10.0 Å². The lowest BCUT2D eigenvalue weighted by atomic mass is 10.2. The summed E-state index contributed by atoms with van der Waals surface area (Å²) in [6.07, 6.45) is 1.89. The van der Waals surface area contributed by atoms with Crippen LogP contribution in [0.15, 0.2) is 21.6 Å². The van der Waals surface area contributed by atoms with Gasteiger partial charge in [0.2, 0.25) is 6.41 Å². The van der Waals surface area contributed by atoms with E-state index >= 15 is 0 Å². The van der Waals surface area contributed by atoms with Crippen molar-refractivity contribution < 1.29 is 9.59 Å². The van der Waals surface area contributed by atoms with E-state index in [-0.39, 0.29) is 12.3 Å². The molecule has 0 saturated heterocycles. The van der Waals surface area contributed by atoms with Crippen molar-refractivity contribution in [2.24, 2.45) is 4.99 Å². The second-order valence-electron chi connectivity index (χ2n) is 3.78. The molecule has 0 aliphatic rings. The molecule has 4 nitrogen and oxygen atoms in total. The maximum Gasteiger partial charge on any atom is 0.215 e. The number of carbonyl (C=O) groups is 2. The molecule has 0 bridgehead atoms. The topological polar surface area (TPSA) is 49.7 Å². The van der Waals surface area contributed by atoms with Gasteiger partial charge in [0.1, 0.15) is 5.78 Å². The Morgan fingerprint density at radius 2 is 2.22 bits per heavy atom. The number of Topliss-reactive ketones (excluding diaryl/α,β-unsaturated/α-hetero) is 1. The Kier molecular flexibility index (Phi) is 5.50.